The van der Waals surface area contributed by atoms with E-state index < -0.39 is 12.8 Å². The van der Waals surface area contributed by atoms with Gasteiger partial charge in [-0.15, -0.1) is 0 Å². The Labute approximate surface area is 169 Å². The first kappa shape index (κ1) is 23.4. The highest BCUT2D eigenvalue weighted by Gasteiger charge is 2.27. The van der Waals surface area contributed by atoms with E-state index in [4.69, 9.17) is 14.2 Å². The SMILES string of the molecule is CN=C(NCCCOCC1CCOC1)NCc1cccc(COCC(F)(F)F)c1. The molecule has 1 heterocycles. The highest BCUT2D eigenvalue weighted by Crippen LogP contribution is 2.16. The van der Waals surface area contributed by atoms with E-state index in [0.717, 1.165) is 44.8 Å². The largest absolute Gasteiger partial charge is 0.411 e. The molecule has 0 aromatic heterocycles. The lowest BCUT2D eigenvalue weighted by atomic mass is 10.1. The van der Waals surface area contributed by atoms with Crippen molar-refractivity contribution < 1.29 is 27.4 Å². The standard InChI is InChI=1S/C20H30F3N3O3/c1-24-19(25-7-3-8-27-13-18-6-9-28-14-18)26-11-16-4-2-5-17(10-16)12-29-15-20(21,22)23/h2,4-5,10,18H,3,6-9,11-15H2,1H3,(H2,24,25,26). The molecule has 1 aromatic carbocycles. The maximum atomic E-state index is 12.2. The van der Waals surface area contributed by atoms with Crippen LogP contribution in [0.4, 0.5) is 13.2 Å². The predicted octanol–water partition coefficient (Wildman–Crippen LogP) is 2.87. The number of hydrogen-bond donors (Lipinski definition) is 2. The molecule has 1 aliphatic rings. The predicted molar refractivity (Wildman–Crippen MR) is 105 cm³/mol. The van der Waals surface area contributed by atoms with Gasteiger partial charge in [0.15, 0.2) is 5.96 Å². The highest BCUT2D eigenvalue weighted by molar-refractivity contribution is 5.79. The minimum absolute atomic E-state index is 0.0761. The van der Waals surface area contributed by atoms with E-state index in [2.05, 4.69) is 15.6 Å². The number of hydrogen-bond acceptors (Lipinski definition) is 4. The zero-order valence-corrected chi connectivity index (χ0v) is 16.8. The van der Waals surface area contributed by atoms with Crippen molar-refractivity contribution in [2.45, 2.75) is 32.2 Å². The number of nitrogens with zero attached hydrogens (tertiary/aromatic N) is 1. The van der Waals surface area contributed by atoms with Crippen molar-refractivity contribution >= 4 is 5.96 Å². The molecule has 0 amide bonds. The van der Waals surface area contributed by atoms with Gasteiger partial charge < -0.3 is 24.8 Å². The Morgan fingerprint density at radius 3 is 2.79 bits per heavy atom. The highest BCUT2D eigenvalue weighted by atomic mass is 19.4. The van der Waals surface area contributed by atoms with Crippen molar-refractivity contribution in [3.8, 4) is 0 Å². The van der Waals surface area contributed by atoms with Crippen LogP contribution in [0.15, 0.2) is 29.3 Å². The van der Waals surface area contributed by atoms with Gasteiger partial charge in [0.05, 0.1) is 19.8 Å². The van der Waals surface area contributed by atoms with Crippen LogP contribution in [0, 0.1) is 5.92 Å². The molecule has 29 heavy (non-hydrogen) atoms. The van der Waals surface area contributed by atoms with Crippen molar-refractivity contribution in [1.82, 2.24) is 10.6 Å². The summed E-state index contributed by atoms with van der Waals surface area (Å²) < 4.78 is 52.2. The molecule has 0 aliphatic carbocycles. The summed E-state index contributed by atoms with van der Waals surface area (Å²) >= 11 is 0. The van der Waals surface area contributed by atoms with Gasteiger partial charge in [-0.1, -0.05) is 24.3 Å². The maximum absolute atomic E-state index is 12.2. The van der Waals surface area contributed by atoms with E-state index >= 15 is 0 Å². The zero-order chi connectivity index (χ0) is 21.0. The van der Waals surface area contributed by atoms with Gasteiger partial charge >= 0.3 is 6.18 Å². The Morgan fingerprint density at radius 1 is 1.24 bits per heavy atom. The smallest absolute Gasteiger partial charge is 0.381 e. The monoisotopic (exact) mass is 417 g/mol. The number of nitrogens with one attached hydrogen (secondary N) is 2. The van der Waals surface area contributed by atoms with E-state index in [1.54, 1.807) is 19.2 Å². The first-order valence-electron chi connectivity index (χ1n) is 9.78. The van der Waals surface area contributed by atoms with Crippen LogP contribution >= 0.6 is 0 Å². The van der Waals surface area contributed by atoms with Gasteiger partial charge in [-0.2, -0.15) is 13.2 Å². The Kier molecular flexibility index (Phi) is 10.2. The first-order chi connectivity index (χ1) is 14.0. The molecule has 1 aliphatic heterocycles. The molecule has 0 bridgehead atoms. The van der Waals surface area contributed by atoms with Crippen molar-refractivity contribution in [3.05, 3.63) is 35.4 Å². The van der Waals surface area contributed by atoms with Crippen molar-refractivity contribution in [1.29, 1.82) is 0 Å². The van der Waals surface area contributed by atoms with E-state index in [-0.39, 0.29) is 6.61 Å². The second-order valence-electron chi connectivity index (χ2n) is 6.94. The number of ether oxygens (including phenoxy) is 3. The number of halogens is 3. The molecule has 164 valence electrons. The number of rotatable bonds is 11. The Bertz CT molecular complexity index is 620. The molecule has 2 rings (SSSR count). The summed E-state index contributed by atoms with van der Waals surface area (Å²) in [5.74, 6) is 1.18. The van der Waals surface area contributed by atoms with Gasteiger partial charge in [-0.25, -0.2) is 0 Å². The summed E-state index contributed by atoms with van der Waals surface area (Å²) in [5, 5.41) is 6.41. The van der Waals surface area contributed by atoms with Crippen LogP contribution in [0.2, 0.25) is 0 Å². The third-order valence-corrected chi connectivity index (χ3v) is 4.34. The summed E-state index contributed by atoms with van der Waals surface area (Å²) in [5.41, 5.74) is 1.63. The fourth-order valence-corrected chi connectivity index (χ4v) is 2.87. The molecule has 2 N–H and O–H groups in total. The lowest BCUT2D eigenvalue weighted by molar-refractivity contribution is -0.176. The van der Waals surface area contributed by atoms with Gasteiger partial charge in [-0.3, -0.25) is 4.99 Å². The van der Waals surface area contributed by atoms with Gasteiger partial charge in [0, 0.05) is 39.3 Å². The van der Waals surface area contributed by atoms with E-state index in [0.29, 0.717) is 30.6 Å². The molecule has 1 saturated heterocycles. The zero-order valence-electron chi connectivity index (χ0n) is 16.8. The second-order valence-corrected chi connectivity index (χ2v) is 6.94. The molecule has 1 fully saturated rings. The molecule has 1 unspecified atom stereocenters. The van der Waals surface area contributed by atoms with Crippen LogP contribution in [0.25, 0.3) is 0 Å². The average Bonchev–Trinajstić information content (AvgIpc) is 3.19. The Morgan fingerprint density at radius 2 is 2.07 bits per heavy atom. The minimum Gasteiger partial charge on any atom is -0.381 e. The molecular weight excluding hydrogens is 387 g/mol. The quantitative estimate of drug-likeness (QED) is 0.329. The van der Waals surface area contributed by atoms with Crippen LogP contribution in [0.5, 0.6) is 0 Å². The topological polar surface area (TPSA) is 64.1 Å². The molecule has 0 saturated carbocycles. The third-order valence-electron chi connectivity index (χ3n) is 4.34. The van der Waals surface area contributed by atoms with Crippen molar-refractivity contribution in [2.24, 2.45) is 10.9 Å². The molecule has 9 heteroatoms. The lowest BCUT2D eigenvalue weighted by Gasteiger charge is -2.13. The molecule has 1 aromatic rings. The minimum atomic E-state index is -4.31. The summed E-state index contributed by atoms with van der Waals surface area (Å²) in [6, 6.07) is 7.25. The van der Waals surface area contributed by atoms with Crippen LogP contribution in [0.3, 0.4) is 0 Å². The number of alkyl halides is 3. The molecule has 0 spiro atoms. The van der Waals surface area contributed by atoms with Gasteiger partial charge in [0.2, 0.25) is 0 Å². The second kappa shape index (κ2) is 12.7. The molecule has 0 radical (unpaired) electrons. The lowest BCUT2D eigenvalue weighted by Crippen LogP contribution is -2.37. The number of guanidine groups is 1. The van der Waals surface area contributed by atoms with Gasteiger partial charge in [0.1, 0.15) is 6.61 Å². The maximum Gasteiger partial charge on any atom is 0.411 e. The summed E-state index contributed by atoms with van der Waals surface area (Å²) in [6.45, 7) is 2.97. The molecule has 6 nitrogen and oxygen atoms in total. The number of aliphatic imine (C=N–C) groups is 1. The normalized spacial score (nSPS) is 17.5. The molecule has 1 atom stereocenters. The summed E-state index contributed by atoms with van der Waals surface area (Å²) in [6.07, 6.45) is -2.38. The van der Waals surface area contributed by atoms with E-state index in [9.17, 15) is 13.2 Å². The van der Waals surface area contributed by atoms with Gasteiger partial charge in [-0.05, 0) is 24.0 Å². The third kappa shape index (κ3) is 10.5. The van der Waals surface area contributed by atoms with Crippen molar-refractivity contribution in [2.75, 3.05) is 46.6 Å². The van der Waals surface area contributed by atoms with E-state index in [1.165, 1.54) is 0 Å². The fraction of sp³-hybridized carbons (Fsp3) is 0.650. The van der Waals surface area contributed by atoms with Crippen molar-refractivity contribution in [3.63, 3.8) is 0 Å². The van der Waals surface area contributed by atoms with Crippen LogP contribution in [-0.4, -0.2) is 58.8 Å². The number of benzene rings is 1. The summed E-state index contributed by atoms with van der Waals surface area (Å²) in [4.78, 5) is 4.17. The average molecular weight is 417 g/mol. The van der Waals surface area contributed by atoms with Crippen LogP contribution < -0.4 is 10.6 Å². The Balaban J connectivity index is 1.60. The summed E-state index contributed by atoms with van der Waals surface area (Å²) in [7, 11) is 1.69. The fourth-order valence-electron chi connectivity index (χ4n) is 2.87. The first-order valence-corrected chi connectivity index (χ1v) is 9.78. The Hall–Kier alpha value is -1.84. The van der Waals surface area contributed by atoms with Crippen LogP contribution in [-0.2, 0) is 27.4 Å². The van der Waals surface area contributed by atoms with Crippen LogP contribution in [0.1, 0.15) is 24.0 Å². The molecular formula is C20H30F3N3O3. The van der Waals surface area contributed by atoms with E-state index in [1.807, 2.05) is 12.1 Å². The van der Waals surface area contributed by atoms with Gasteiger partial charge in [0.25, 0.3) is 0 Å².